The number of amides is 1. The second-order valence-electron chi connectivity index (χ2n) is 6.15. The number of hydrogen-bond donors (Lipinski definition) is 1. The second kappa shape index (κ2) is 8.80. The van der Waals surface area contributed by atoms with E-state index in [9.17, 15) is 4.79 Å². The van der Waals surface area contributed by atoms with Crippen molar-refractivity contribution in [2.45, 2.75) is 44.1 Å². The van der Waals surface area contributed by atoms with Gasteiger partial charge in [0.1, 0.15) is 11.4 Å². The Balaban J connectivity index is 1.40. The lowest BCUT2D eigenvalue weighted by Gasteiger charge is -2.12. The van der Waals surface area contributed by atoms with Gasteiger partial charge in [-0.15, -0.1) is 10.2 Å². The summed E-state index contributed by atoms with van der Waals surface area (Å²) in [5.74, 6) is 1.12. The Bertz CT molecular complexity index is 738. The molecule has 0 saturated heterocycles. The third-order valence-electron chi connectivity index (χ3n) is 4.11. The van der Waals surface area contributed by atoms with Gasteiger partial charge in [-0.3, -0.25) is 9.36 Å². The molecule has 7 heteroatoms. The van der Waals surface area contributed by atoms with Gasteiger partial charge in [-0.25, -0.2) is 4.98 Å². The monoisotopic (exact) mass is 357 g/mol. The first-order valence-corrected chi connectivity index (χ1v) is 9.61. The molecule has 3 rings (SSSR count). The molecule has 0 saturated carbocycles. The molecule has 1 aliphatic rings. The van der Waals surface area contributed by atoms with E-state index in [0.29, 0.717) is 5.75 Å². The van der Waals surface area contributed by atoms with Crippen LogP contribution in [0, 0.1) is 6.92 Å². The second-order valence-corrected chi connectivity index (χ2v) is 7.14. The molecular formula is C18H23N5OS. The number of nitrogens with one attached hydrogen (secondary N) is 1. The molecule has 2 heterocycles. The van der Waals surface area contributed by atoms with Crippen molar-refractivity contribution < 1.29 is 4.79 Å². The van der Waals surface area contributed by atoms with Crippen LogP contribution in [0.3, 0.4) is 0 Å². The third kappa shape index (κ3) is 5.42. The van der Waals surface area contributed by atoms with Gasteiger partial charge in [-0.2, -0.15) is 0 Å². The van der Waals surface area contributed by atoms with E-state index in [1.165, 1.54) is 43.0 Å². The van der Waals surface area contributed by atoms with Gasteiger partial charge >= 0.3 is 0 Å². The summed E-state index contributed by atoms with van der Waals surface area (Å²) in [5, 5.41) is 12.1. The summed E-state index contributed by atoms with van der Waals surface area (Å²) in [5.41, 5.74) is 2.41. The van der Waals surface area contributed by atoms with E-state index < -0.39 is 0 Å². The molecule has 0 radical (unpaired) electrons. The van der Waals surface area contributed by atoms with E-state index in [4.69, 9.17) is 0 Å². The number of allylic oxidation sites excluding steroid dienone is 1. The standard InChI is InChI=1S/C18H23N5OS/c1-14-11-23(13-20-14)16-7-8-18(22-21-16)25-12-17(24)19-10-9-15-5-3-2-4-6-15/h5,7-8,11,13H,2-4,6,9-10,12H2,1H3,(H,19,24). The number of imidazole rings is 1. The highest BCUT2D eigenvalue weighted by atomic mass is 32.2. The molecule has 132 valence electrons. The number of aryl methyl sites for hydroxylation is 1. The SMILES string of the molecule is Cc1cn(-c2ccc(SCC(=O)NCCC3=CCCCC3)nn2)cn1. The number of carbonyl (C=O) groups is 1. The summed E-state index contributed by atoms with van der Waals surface area (Å²) in [7, 11) is 0. The summed E-state index contributed by atoms with van der Waals surface area (Å²) < 4.78 is 1.82. The number of aromatic nitrogens is 4. The van der Waals surface area contributed by atoms with Gasteiger partial charge in [-0.05, 0) is 51.2 Å². The maximum absolute atomic E-state index is 11.9. The van der Waals surface area contributed by atoms with Crippen LogP contribution >= 0.6 is 11.8 Å². The molecule has 0 spiro atoms. The predicted molar refractivity (Wildman–Crippen MR) is 98.8 cm³/mol. The molecular weight excluding hydrogens is 334 g/mol. The van der Waals surface area contributed by atoms with E-state index in [2.05, 4.69) is 26.6 Å². The van der Waals surface area contributed by atoms with E-state index >= 15 is 0 Å². The van der Waals surface area contributed by atoms with Gasteiger partial charge in [0.2, 0.25) is 5.91 Å². The molecule has 0 fully saturated rings. The van der Waals surface area contributed by atoms with Gasteiger partial charge in [0.15, 0.2) is 5.82 Å². The summed E-state index contributed by atoms with van der Waals surface area (Å²) in [6.45, 7) is 2.65. The molecule has 0 aromatic carbocycles. The molecule has 25 heavy (non-hydrogen) atoms. The van der Waals surface area contributed by atoms with E-state index in [1.54, 1.807) is 6.33 Å². The molecule has 0 unspecified atom stereocenters. The lowest BCUT2D eigenvalue weighted by molar-refractivity contribution is -0.118. The van der Waals surface area contributed by atoms with E-state index in [-0.39, 0.29) is 5.91 Å². The summed E-state index contributed by atoms with van der Waals surface area (Å²) in [6, 6.07) is 3.76. The fraction of sp³-hybridized carbons (Fsp3) is 0.444. The average Bonchev–Trinajstić information content (AvgIpc) is 3.08. The van der Waals surface area contributed by atoms with Crippen LogP contribution in [0.5, 0.6) is 0 Å². The molecule has 1 N–H and O–H groups in total. The Labute approximate surface area is 152 Å². The Hall–Kier alpha value is -2.15. The Morgan fingerprint density at radius 1 is 1.32 bits per heavy atom. The van der Waals surface area contributed by atoms with Gasteiger partial charge < -0.3 is 5.32 Å². The van der Waals surface area contributed by atoms with Crippen molar-refractivity contribution in [3.63, 3.8) is 0 Å². The van der Waals surface area contributed by atoms with Crippen LogP contribution < -0.4 is 5.32 Å². The van der Waals surface area contributed by atoms with Crippen LogP contribution in [0.4, 0.5) is 0 Å². The normalized spacial score (nSPS) is 14.2. The number of rotatable bonds is 7. The zero-order valence-corrected chi connectivity index (χ0v) is 15.3. The summed E-state index contributed by atoms with van der Waals surface area (Å²) in [6.07, 6.45) is 11.8. The highest BCUT2D eigenvalue weighted by Crippen LogP contribution is 2.19. The highest BCUT2D eigenvalue weighted by molar-refractivity contribution is 7.99. The average molecular weight is 357 g/mol. The first kappa shape index (κ1) is 17.7. The zero-order chi connectivity index (χ0) is 17.5. The molecule has 2 aromatic heterocycles. The largest absolute Gasteiger partial charge is 0.355 e. The highest BCUT2D eigenvalue weighted by Gasteiger charge is 2.07. The number of carbonyl (C=O) groups excluding carboxylic acids is 1. The van der Waals surface area contributed by atoms with Crippen molar-refractivity contribution in [2.75, 3.05) is 12.3 Å². The van der Waals surface area contributed by atoms with Crippen LogP contribution in [-0.4, -0.2) is 38.0 Å². The number of nitrogens with zero attached hydrogens (tertiary/aromatic N) is 4. The third-order valence-corrected chi connectivity index (χ3v) is 5.03. The van der Waals surface area contributed by atoms with Crippen LogP contribution in [0.1, 0.15) is 37.8 Å². The minimum absolute atomic E-state index is 0.0394. The van der Waals surface area contributed by atoms with Gasteiger partial charge in [-0.1, -0.05) is 23.4 Å². The van der Waals surface area contributed by atoms with E-state index in [0.717, 1.165) is 29.5 Å². The Morgan fingerprint density at radius 3 is 2.92 bits per heavy atom. The lowest BCUT2D eigenvalue weighted by Crippen LogP contribution is -2.26. The molecule has 6 nitrogen and oxygen atoms in total. The first-order chi connectivity index (χ1) is 12.2. The van der Waals surface area contributed by atoms with Gasteiger partial charge in [0.05, 0.1) is 11.4 Å². The lowest BCUT2D eigenvalue weighted by atomic mass is 9.97. The molecule has 1 aliphatic carbocycles. The van der Waals surface area contributed by atoms with Crippen LogP contribution in [-0.2, 0) is 4.79 Å². The topological polar surface area (TPSA) is 72.7 Å². The molecule has 2 aromatic rings. The predicted octanol–water partition coefficient (Wildman–Crippen LogP) is 3.07. The van der Waals surface area contributed by atoms with E-state index in [1.807, 2.05) is 29.8 Å². The van der Waals surface area contributed by atoms with Crippen molar-refractivity contribution >= 4 is 17.7 Å². The van der Waals surface area contributed by atoms with Crippen LogP contribution in [0.2, 0.25) is 0 Å². The van der Waals surface area contributed by atoms with Crippen molar-refractivity contribution in [2.24, 2.45) is 0 Å². The quantitative estimate of drug-likeness (QED) is 0.609. The zero-order valence-electron chi connectivity index (χ0n) is 14.4. The number of hydrogen-bond acceptors (Lipinski definition) is 5. The van der Waals surface area contributed by atoms with Crippen LogP contribution in [0.25, 0.3) is 5.82 Å². The molecule has 0 bridgehead atoms. The fourth-order valence-electron chi connectivity index (χ4n) is 2.76. The molecule has 0 atom stereocenters. The Kier molecular flexibility index (Phi) is 6.22. The maximum atomic E-state index is 11.9. The smallest absolute Gasteiger partial charge is 0.230 e. The van der Waals surface area contributed by atoms with Gasteiger partial charge in [0.25, 0.3) is 0 Å². The minimum atomic E-state index is 0.0394. The molecule has 0 aliphatic heterocycles. The van der Waals surface area contributed by atoms with Crippen molar-refractivity contribution in [3.05, 3.63) is 42.0 Å². The van der Waals surface area contributed by atoms with Gasteiger partial charge in [0, 0.05) is 12.7 Å². The van der Waals surface area contributed by atoms with Crippen molar-refractivity contribution in [1.82, 2.24) is 25.1 Å². The Morgan fingerprint density at radius 2 is 2.24 bits per heavy atom. The summed E-state index contributed by atoms with van der Waals surface area (Å²) in [4.78, 5) is 16.1. The van der Waals surface area contributed by atoms with Crippen molar-refractivity contribution in [3.8, 4) is 5.82 Å². The summed E-state index contributed by atoms with van der Waals surface area (Å²) >= 11 is 1.40. The van der Waals surface area contributed by atoms with Crippen LogP contribution in [0.15, 0.2) is 41.3 Å². The van der Waals surface area contributed by atoms with Crippen molar-refractivity contribution in [1.29, 1.82) is 0 Å². The number of thioether (sulfide) groups is 1. The first-order valence-electron chi connectivity index (χ1n) is 8.63. The maximum Gasteiger partial charge on any atom is 0.230 e. The minimum Gasteiger partial charge on any atom is -0.355 e. The fourth-order valence-corrected chi connectivity index (χ4v) is 3.40. The molecule has 1 amide bonds.